The summed E-state index contributed by atoms with van der Waals surface area (Å²) in [4.78, 5) is 11.2. The molecule has 0 aliphatic rings. The average Bonchev–Trinajstić information content (AvgIpc) is 3.29. The van der Waals surface area contributed by atoms with Gasteiger partial charge < -0.3 is 9.84 Å². The zero-order valence-electron chi connectivity index (χ0n) is 13.1. The van der Waals surface area contributed by atoms with Gasteiger partial charge in [0.25, 0.3) is 0 Å². The number of carboxylic acids is 1. The minimum Gasteiger partial charge on any atom is -0.489 e. The Morgan fingerprint density at radius 3 is 2.92 bits per heavy atom. The van der Waals surface area contributed by atoms with Crippen molar-refractivity contribution in [1.82, 2.24) is 20.0 Å². The summed E-state index contributed by atoms with van der Waals surface area (Å²) in [6.07, 6.45) is 3.60. The Kier molecular flexibility index (Phi) is 3.66. The number of carbonyl (C=O) groups is 1. The molecule has 2 aromatic carbocycles. The molecule has 4 rings (SSSR count). The Bertz CT molecular complexity index is 1040. The zero-order valence-corrected chi connectivity index (χ0v) is 13.1. The molecule has 0 aliphatic carbocycles. The summed E-state index contributed by atoms with van der Waals surface area (Å²) in [6, 6.07) is 14.9. The van der Waals surface area contributed by atoms with Crippen molar-refractivity contribution in [3.63, 3.8) is 0 Å². The minimum absolute atomic E-state index is 0.0128. The van der Waals surface area contributed by atoms with Crippen LogP contribution in [0.3, 0.4) is 0 Å². The van der Waals surface area contributed by atoms with Gasteiger partial charge in [-0.1, -0.05) is 12.1 Å². The van der Waals surface area contributed by atoms with Gasteiger partial charge >= 0.3 is 5.97 Å². The number of aromatic nitrogens is 4. The van der Waals surface area contributed by atoms with E-state index in [1.54, 1.807) is 29.1 Å². The Morgan fingerprint density at radius 2 is 2.12 bits per heavy atom. The number of nitrogens with zero attached hydrogens (tertiary/aromatic N) is 3. The molecule has 25 heavy (non-hydrogen) atoms. The highest BCUT2D eigenvalue weighted by Crippen LogP contribution is 2.23. The van der Waals surface area contributed by atoms with Gasteiger partial charge in [0.1, 0.15) is 12.4 Å². The highest BCUT2D eigenvalue weighted by molar-refractivity contribution is 6.01. The first kappa shape index (κ1) is 14.9. The topological polar surface area (TPSA) is 93.0 Å². The molecule has 7 heteroatoms. The lowest BCUT2D eigenvalue weighted by Crippen LogP contribution is -1.99. The zero-order chi connectivity index (χ0) is 17.2. The van der Waals surface area contributed by atoms with Crippen molar-refractivity contribution < 1.29 is 14.6 Å². The lowest BCUT2D eigenvalue weighted by Gasteiger charge is -2.08. The Balaban J connectivity index is 1.55. The van der Waals surface area contributed by atoms with Gasteiger partial charge in [-0.2, -0.15) is 10.2 Å². The second-order valence-corrected chi connectivity index (χ2v) is 5.49. The molecule has 2 heterocycles. The smallest absolute Gasteiger partial charge is 0.357 e. The Morgan fingerprint density at radius 1 is 1.20 bits per heavy atom. The number of fused-ring (bicyclic) bond motifs is 1. The van der Waals surface area contributed by atoms with Crippen molar-refractivity contribution in [2.24, 2.45) is 0 Å². The number of carboxylic acid groups (broad SMARTS) is 1. The van der Waals surface area contributed by atoms with Crippen LogP contribution in [-0.4, -0.2) is 31.1 Å². The van der Waals surface area contributed by atoms with E-state index in [4.69, 9.17) is 9.84 Å². The van der Waals surface area contributed by atoms with Crippen molar-refractivity contribution in [2.45, 2.75) is 6.61 Å². The maximum absolute atomic E-state index is 11.2. The lowest BCUT2D eigenvalue weighted by atomic mass is 10.2. The van der Waals surface area contributed by atoms with Crippen LogP contribution >= 0.6 is 0 Å². The van der Waals surface area contributed by atoms with Gasteiger partial charge in [-0.15, -0.1) is 0 Å². The van der Waals surface area contributed by atoms with E-state index in [1.807, 2.05) is 36.5 Å². The number of aromatic amines is 1. The standard InChI is InChI=1S/C18H14N4O3/c23-18(24)17-15-10-14(5-6-16(15)20-21-17)25-11-12-3-1-4-13(9-12)22-8-2-7-19-22/h1-10H,11H2,(H,20,21)(H,23,24). The molecule has 0 saturated heterocycles. The lowest BCUT2D eigenvalue weighted by molar-refractivity contribution is 0.0692. The van der Waals surface area contributed by atoms with E-state index in [9.17, 15) is 4.79 Å². The SMILES string of the molecule is O=C(O)c1n[nH]c2ccc(OCc3cccc(-n4cccn4)c3)cc12. The molecule has 0 fully saturated rings. The number of hydrogen-bond acceptors (Lipinski definition) is 4. The van der Waals surface area contributed by atoms with E-state index in [0.717, 1.165) is 11.3 Å². The van der Waals surface area contributed by atoms with Crippen molar-refractivity contribution in [3.05, 3.63) is 72.2 Å². The quantitative estimate of drug-likeness (QED) is 0.585. The summed E-state index contributed by atoms with van der Waals surface area (Å²) in [5, 5.41) is 20.4. The summed E-state index contributed by atoms with van der Waals surface area (Å²) in [5.74, 6) is -0.490. The van der Waals surface area contributed by atoms with Crippen LogP contribution in [0.15, 0.2) is 60.9 Å². The fourth-order valence-electron chi connectivity index (χ4n) is 2.62. The van der Waals surface area contributed by atoms with Gasteiger partial charge in [0, 0.05) is 17.8 Å². The first-order valence-electron chi connectivity index (χ1n) is 7.64. The van der Waals surface area contributed by atoms with Crippen LogP contribution < -0.4 is 4.74 Å². The number of nitrogens with one attached hydrogen (secondary N) is 1. The van der Waals surface area contributed by atoms with Gasteiger partial charge in [-0.25, -0.2) is 9.48 Å². The van der Waals surface area contributed by atoms with Crippen molar-refractivity contribution in [1.29, 1.82) is 0 Å². The molecule has 124 valence electrons. The molecule has 0 aliphatic heterocycles. The normalized spacial score (nSPS) is 10.9. The highest BCUT2D eigenvalue weighted by atomic mass is 16.5. The largest absolute Gasteiger partial charge is 0.489 e. The molecule has 0 amide bonds. The summed E-state index contributed by atoms with van der Waals surface area (Å²) in [5.41, 5.74) is 2.58. The van der Waals surface area contributed by atoms with Gasteiger partial charge in [0.05, 0.1) is 11.2 Å². The summed E-state index contributed by atoms with van der Waals surface area (Å²) >= 11 is 0. The molecule has 4 aromatic rings. The predicted octanol–water partition coefficient (Wildman–Crippen LogP) is 3.03. The van der Waals surface area contributed by atoms with Gasteiger partial charge in [0.2, 0.25) is 0 Å². The van der Waals surface area contributed by atoms with Crippen molar-refractivity contribution in [2.75, 3.05) is 0 Å². The third-order valence-corrected chi connectivity index (χ3v) is 3.82. The van der Waals surface area contributed by atoms with E-state index in [0.29, 0.717) is 23.3 Å². The fourth-order valence-corrected chi connectivity index (χ4v) is 2.62. The van der Waals surface area contributed by atoms with Crippen molar-refractivity contribution >= 4 is 16.9 Å². The van der Waals surface area contributed by atoms with E-state index in [2.05, 4.69) is 15.3 Å². The highest BCUT2D eigenvalue weighted by Gasteiger charge is 2.13. The first-order valence-corrected chi connectivity index (χ1v) is 7.64. The third-order valence-electron chi connectivity index (χ3n) is 3.82. The first-order chi connectivity index (χ1) is 12.2. The molecule has 0 radical (unpaired) electrons. The maximum Gasteiger partial charge on any atom is 0.357 e. The monoisotopic (exact) mass is 334 g/mol. The fraction of sp³-hybridized carbons (Fsp3) is 0.0556. The molecule has 0 spiro atoms. The van der Waals surface area contributed by atoms with Crippen LogP contribution in [0.1, 0.15) is 16.1 Å². The molecular formula is C18H14N4O3. The van der Waals surface area contributed by atoms with Crippen LogP contribution in [0.5, 0.6) is 5.75 Å². The van der Waals surface area contributed by atoms with Crippen LogP contribution in [0, 0.1) is 0 Å². The molecule has 0 unspecified atom stereocenters. The van der Waals surface area contributed by atoms with E-state index in [1.165, 1.54) is 0 Å². The number of H-pyrrole nitrogens is 1. The van der Waals surface area contributed by atoms with Crippen LogP contribution in [-0.2, 0) is 6.61 Å². The van der Waals surface area contributed by atoms with Crippen molar-refractivity contribution in [3.8, 4) is 11.4 Å². The maximum atomic E-state index is 11.2. The number of ether oxygens (including phenoxy) is 1. The van der Waals surface area contributed by atoms with Gasteiger partial charge in [-0.3, -0.25) is 5.10 Å². The average molecular weight is 334 g/mol. The molecule has 2 aromatic heterocycles. The predicted molar refractivity (Wildman–Crippen MR) is 90.9 cm³/mol. The van der Waals surface area contributed by atoms with E-state index < -0.39 is 5.97 Å². The van der Waals surface area contributed by atoms with Crippen LogP contribution in [0.4, 0.5) is 0 Å². The third kappa shape index (κ3) is 2.94. The second kappa shape index (κ2) is 6.12. The summed E-state index contributed by atoms with van der Waals surface area (Å²) in [6.45, 7) is 0.362. The Hall–Kier alpha value is -3.61. The van der Waals surface area contributed by atoms with E-state index >= 15 is 0 Å². The minimum atomic E-state index is -1.07. The second-order valence-electron chi connectivity index (χ2n) is 5.49. The van der Waals surface area contributed by atoms with Gasteiger partial charge in [0.15, 0.2) is 5.69 Å². The van der Waals surface area contributed by atoms with Crippen LogP contribution in [0.2, 0.25) is 0 Å². The molecule has 0 bridgehead atoms. The van der Waals surface area contributed by atoms with E-state index in [-0.39, 0.29) is 5.69 Å². The molecular weight excluding hydrogens is 320 g/mol. The Labute approximate surface area is 142 Å². The molecule has 0 atom stereocenters. The summed E-state index contributed by atoms with van der Waals surface area (Å²) in [7, 11) is 0. The molecule has 2 N–H and O–H groups in total. The van der Waals surface area contributed by atoms with Gasteiger partial charge in [-0.05, 0) is 42.0 Å². The van der Waals surface area contributed by atoms with Crippen LogP contribution in [0.25, 0.3) is 16.6 Å². The molecule has 7 nitrogen and oxygen atoms in total. The number of aromatic carboxylic acids is 1. The summed E-state index contributed by atoms with van der Waals surface area (Å²) < 4.78 is 7.59. The number of rotatable bonds is 5. The molecule has 0 saturated carbocycles. The number of hydrogen-bond donors (Lipinski definition) is 2. The number of benzene rings is 2.